The van der Waals surface area contributed by atoms with Crippen LogP contribution in [0.4, 0.5) is 11.4 Å². The molecule has 3 aromatic rings. The van der Waals surface area contributed by atoms with E-state index in [0.717, 1.165) is 17.3 Å². The molecule has 33 heavy (non-hydrogen) atoms. The number of carbonyl (C=O) groups excluding carboxylic acids is 2. The third-order valence-electron chi connectivity index (χ3n) is 4.67. The molecule has 166 valence electrons. The number of anilines is 1. The van der Waals surface area contributed by atoms with E-state index in [1.165, 1.54) is 23.1 Å². The molecule has 1 aromatic heterocycles. The van der Waals surface area contributed by atoms with Gasteiger partial charge in [-0.3, -0.25) is 19.8 Å². The second kappa shape index (κ2) is 9.39. The van der Waals surface area contributed by atoms with Gasteiger partial charge < -0.3 is 9.15 Å². The van der Waals surface area contributed by atoms with Gasteiger partial charge in [0.05, 0.1) is 27.7 Å². The van der Waals surface area contributed by atoms with E-state index in [2.05, 4.69) is 0 Å². The number of nitro benzene ring substituents is 1. The van der Waals surface area contributed by atoms with Crippen LogP contribution in [0.3, 0.4) is 0 Å². The van der Waals surface area contributed by atoms with Gasteiger partial charge in [0.2, 0.25) is 0 Å². The normalized spacial score (nSPS) is 14.7. The number of carbonyl (C=O) groups is 2. The molecule has 1 aliphatic heterocycles. The van der Waals surface area contributed by atoms with Crippen LogP contribution in [-0.2, 0) is 9.53 Å². The monoisotopic (exact) mass is 480 g/mol. The summed E-state index contributed by atoms with van der Waals surface area (Å²) in [6.45, 7) is 2.05. The van der Waals surface area contributed by atoms with Gasteiger partial charge in [0, 0.05) is 23.8 Å². The SMILES string of the molecule is CCOC(=O)c1ccc(-c2ccc(/C=C3/SC(=S)N(c4cccc([N+](=O)[O-])c4)C3=O)o2)cc1. The fourth-order valence-electron chi connectivity index (χ4n) is 3.14. The summed E-state index contributed by atoms with van der Waals surface area (Å²) in [7, 11) is 0. The van der Waals surface area contributed by atoms with Crippen LogP contribution in [0.5, 0.6) is 0 Å². The highest BCUT2D eigenvalue weighted by molar-refractivity contribution is 8.27. The van der Waals surface area contributed by atoms with Gasteiger partial charge in [0.25, 0.3) is 11.6 Å². The lowest BCUT2D eigenvalue weighted by Gasteiger charge is -2.13. The molecule has 0 radical (unpaired) electrons. The predicted molar refractivity (Wildman–Crippen MR) is 129 cm³/mol. The molecule has 1 saturated heterocycles. The van der Waals surface area contributed by atoms with Crippen LogP contribution in [0, 0.1) is 10.1 Å². The van der Waals surface area contributed by atoms with E-state index in [9.17, 15) is 19.7 Å². The molecule has 1 amide bonds. The van der Waals surface area contributed by atoms with E-state index in [1.54, 1.807) is 55.5 Å². The van der Waals surface area contributed by atoms with Crippen LogP contribution in [0.1, 0.15) is 23.0 Å². The summed E-state index contributed by atoms with van der Waals surface area (Å²) in [4.78, 5) is 36.8. The molecule has 0 N–H and O–H groups in total. The van der Waals surface area contributed by atoms with Gasteiger partial charge in [-0.15, -0.1) is 0 Å². The Bertz CT molecular complexity index is 1300. The van der Waals surface area contributed by atoms with E-state index in [-0.39, 0.29) is 15.9 Å². The number of nitro groups is 1. The highest BCUT2D eigenvalue weighted by Gasteiger charge is 2.34. The Morgan fingerprint density at radius 3 is 2.67 bits per heavy atom. The minimum Gasteiger partial charge on any atom is -0.462 e. The standard InChI is InChI=1S/C23H16N2O6S2/c1-2-30-22(27)15-8-6-14(7-9-15)19-11-10-18(31-19)13-20-21(26)24(23(32)33-20)16-4-3-5-17(12-16)25(28)29/h3-13H,2H2,1H3/b20-13+. The second-order valence-corrected chi connectivity index (χ2v) is 8.47. The van der Waals surface area contributed by atoms with Crippen molar-refractivity contribution in [1.82, 2.24) is 0 Å². The molecule has 1 fully saturated rings. The number of benzene rings is 2. The molecule has 10 heteroatoms. The molecule has 2 aromatic carbocycles. The Hall–Kier alpha value is -3.76. The minimum atomic E-state index is -0.527. The number of nitrogens with zero attached hydrogens (tertiary/aromatic N) is 2. The smallest absolute Gasteiger partial charge is 0.338 e. The summed E-state index contributed by atoms with van der Waals surface area (Å²) < 4.78 is 11.1. The van der Waals surface area contributed by atoms with Crippen molar-refractivity contribution in [3.8, 4) is 11.3 Å². The first-order valence-electron chi connectivity index (χ1n) is 9.77. The number of furan rings is 1. The van der Waals surface area contributed by atoms with Crippen LogP contribution >= 0.6 is 24.0 Å². The molecule has 8 nitrogen and oxygen atoms in total. The molecular formula is C23H16N2O6S2. The number of ether oxygens (including phenoxy) is 1. The lowest BCUT2D eigenvalue weighted by Crippen LogP contribution is -2.27. The van der Waals surface area contributed by atoms with Crippen molar-refractivity contribution in [2.75, 3.05) is 11.5 Å². The summed E-state index contributed by atoms with van der Waals surface area (Å²) in [6.07, 6.45) is 1.58. The Balaban J connectivity index is 1.54. The number of non-ortho nitro benzene ring substituents is 1. The van der Waals surface area contributed by atoms with Crippen molar-refractivity contribution in [3.05, 3.63) is 87.0 Å². The van der Waals surface area contributed by atoms with Gasteiger partial charge in [0.15, 0.2) is 4.32 Å². The van der Waals surface area contributed by atoms with Crippen molar-refractivity contribution in [2.24, 2.45) is 0 Å². The molecule has 0 spiro atoms. The van der Waals surface area contributed by atoms with Gasteiger partial charge in [-0.25, -0.2) is 4.79 Å². The van der Waals surface area contributed by atoms with E-state index in [4.69, 9.17) is 21.4 Å². The molecule has 0 bridgehead atoms. The second-order valence-electron chi connectivity index (χ2n) is 6.79. The lowest BCUT2D eigenvalue weighted by atomic mass is 10.1. The average Bonchev–Trinajstić information content (AvgIpc) is 3.38. The number of hydrogen-bond donors (Lipinski definition) is 0. The average molecular weight is 481 g/mol. The number of esters is 1. The van der Waals surface area contributed by atoms with E-state index < -0.39 is 10.9 Å². The summed E-state index contributed by atoms with van der Waals surface area (Å²) in [5.41, 5.74) is 1.40. The van der Waals surface area contributed by atoms with E-state index in [1.807, 2.05) is 0 Å². The van der Waals surface area contributed by atoms with E-state index in [0.29, 0.717) is 34.3 Å². The van der Waals surface area contributed by atoms with Crippen molar-refractivity contribution >= 4 is 57.6 Å². The van der Waals surface area contributed by atoms with Gasteiger partial charge in [-0.05, 0) is 37.3 Å². The molecular weight excluding hydrogens is 464 g/mol. The van der Waals surface area contributed by atoms with Crippen molar-refractivity contribution in [3.63, 3.8) is 0 Å². The number of thioether (sulfide) groups is 1. The largest absolute Gasteiger partial charge is 0.462 e. The van der Waals surface area contributed by atoms with Gasteiger partial charge in [0.1, 0.15) is 11.5 Å². The van der Waals surface area contributed by atoms with Gasteiger partial charge >= 0.3 is 5.97 Å². The Morgan fingerprint density at radius 1 is 1.21 bits per heavy atom. The maximum absolute atomic E-state index is 12.9. The maximum Gasteiger partial charge on any atom is 0.338 e. The molecule has 0 saturated carbocycles. The molecule has 0 unspecified atom stereocenters. The predicted octanol–water partition coefficient (Wildman–Crippen LogP) is 5.44. The Kier molecular flexibility index (Phi) is 6.38. The highest BCUT2D eigenvalue weighted by atomic mass is 32.2. The highest BCUT2D eigenvalue weighted by Crippen LogP contribution is 2.37. The minimum absolute atomic E-state index is 0.129. The zero-order valence-electron chi connectivity index (χ0n) is 17.2. The topological polar surface area (TPSA) is 103 Å². The lowest BCUT2D eigenvalue weighted by molar-refractivity contribution is -0.384. The fraction of sp³-hybridized carbons (Fsp3) is 0.0870. The summed E-state index contributed by atoms with van der Waals surface area (Å²) in [5.74, 6) is 0.224. The summed E-state index contributed by atoms with van der Waals surface area (Å²) >= 11 is 6.41. The third-order valence-corrected chi connectivity index (χ3v) is 5.98. The summed E-state index contributed by atoms with van der Waals surface area (Å²) in [5, 5.41) is 11.1. The van der Waals surface area contributed by atoms with Crippen molar-refractivity contribution in [2.45, 2.75) is 6.92 Å². The first-order chi connectivity index (χ1) is 15.9. The quantitative estimate of drug-likeness (QED) is 0.151. The third kappa shape index (κ3) is 4.71. The zero-order chi connectivity index (χ0) is 23.5. The maximum atomic E-state index is 12.9. The van der Waals surface area contributed by atoms with Crippen LogP contribution in [0.15, 0.2) is 70.0 Å². The van der Waals surface area contributed by atoms with Crippen LogP contribution in [0.2, 0.25) is 0 Å². The van der Waals surface area contributed by atoms with Crippen molar-refractivity contribution < 1.29 is 23.7 Å². The number of amides is 1. The van der Waals surface area contributed by atoms with Crippen LogP contribution in [0.25, 0.3) is 17.4 Å². The number of thiocarbonyl (C=S) groups is 1. The summed E-state index contributed by atoms with van der Waals surface area (Å²) in [6, 6.07) is 16.0. The molecule has 2 heterocycles. The van der Waals surface area contributed by atoms with Gasteiger partial charge in [-0.1, -0.05) is 42.2 Å². The zero-order valence-corrected chi connectivity index (χ0v) is 18.9. The number of rotatable bonds is 6. The number of hydrogen-bond acceptors (Lipinski definition) is 8. The first kappa shape index (κ1) is 22.4. The van der Waals surface area contributed by atoms with Crippen molar-refractivity contribution in [1.29, 1.82) is 0 Å². The Labute approximate surface area is 198 Å². The van der Waals surface area contributed by atoms with Crippen LogP contribution < -0.4 is 4.90 Å². The Morgan fingerprint density at radius 2 is 1.97 bits per heavy atom. The fourth-order valence-corrected chi connectivity index (χ4v) is 4.41. The molecule has 0 atom stereocenters. The first-order valence-corrected chi connectivity index (χ1v) is 11.0. The van der Waals surface area contributed by atoms with Gasteiger partial charge in [-0.2, -0.15) is 0 Å². The molecule has 1 aliphatic rings. The van der Waals surface area contributed by atoms with E-state index >= 15 is 0 Å². The van der Waals surface area contributed by atoms with Crippen LogP contribution in [-0.4, -0.2) is 27.7 Å². The molecule has 0 aliphatic carbocycles. The molecule has 4 rings (SSSR count).